The molecule has 1 saturated heterocycles. The highest BCUT2D eigenvalue weighted by molar-refractivity contribution is 6.30. The number of likely N-dealkylation sites (tertiary alicyclic amines) is 1. The van der Waals surface area contributed by atoms with E-state index in [1.165, 1.54) is 13.2 Å². The molecule has 0 amide bonds. The van der Waals surface area contributed by atoms with Crippen LogP contribution in [0.4, 0.5) is 0 Å². The number of nitrogens with zero attached hydrogens (tertiary/aromatic N) is 1. The summed E-state index contributed by atoms with van der Waals surface area (Å²) in [6, 6.07) is 8.89. The van der Waals surface area contributed by atoms with E-state index in [0.29, 0.717) is 16.3 Å². The standard InChI is InChI=1S/C23H26ClNO4/c1-25-11-9-16(10-12-25)21-19(28-2)14-20(29-3)22(23(21)27)18(26)8-7-15-5-4-6-17(24)13-15/h4-8,13-14,16,27H,9-12H2,1-3H3/b8-7+. The first-order chi connectivity index (χ1) is 13.9. The van der Waals surface area contributed by atoms with Crippen molar-refractivity contribution in [2.24, 2.45) is 0 Å². The Morgan fingerprint density at radius 3 is 2.48 bits per heavy atom. The molecule has 5 nitrogen and oxygen atoms in total. The predicted octanol–water partition coefficient (Wildman–Crippen LogP) is 4.77. The zero-order chi connectivity index (χ0) is 21.0. The van der Waals surface area contributed by atoms with Crippen molar-refractivity contribution in [3.05, 3.63) is 58.1 Å². The number of piperidine rings is 1. The van der Waals surface area contributed by atoms with Gasteiger partial charge in [0, 0.05) is 16.7 Å². The molecule has 0 aromatic heterocycles. The Bertz CT molecular complexity index is 917. The molecule has 1 aliphatic heterocycles. The van der Waals surface area contributed by atoms with Crippen LogP contribution in [-0.4, -0.2) is 50.1 Å². The Balaban J connectivity index is 2.00. The average molecular weight is 416 g/mol. The number of allylic oxidation sites excluding steroid dienone is 1. The number of benzene rings is 2. The van der Waals surface area contributed by atoms with Crippen molar-refractivity contribution < 1.29 is 19.4 Å². The first-order valence-corrected chi connectivity index (χ1v) is 9.96. The van der Waals surface area contributed by atoms with Crippen LogP contribution in [0.5, 0.6) is 17.2 Å². The first kappa shape index (κ1) is 21.2. The summed E-state index contributed by atoms with van der Waals surface area (Å²) in [6.45, 7) is 1.86. The van der Waals surface area contributed by atoms with Crippen LogP contribution in [-0.2, 0) is 0 Å². The number of halogens is 1. The Morgan fingerprint density at radius 1 is 1.17 bits per heavy atom. The van der Waals surface area contributed by atoms with E-state index in [9.17, 15) is 9.90 Å². The highest BCUT2D eigenvalue weighted by Gasteiger charge is 2.29. The molecule has 0 atom stereocenters. The molecule has 0 saturated carbocycles. The molecule has 1 N–H and O–H groups in total. The van der Waals surface area contributed by atoms with Gasteiger partial charge in [-0.25, -0.2) is 0 Å². The molecule has 0 spiro atoms. The van der Waals surface area contributed by atoms with E-state index in [0.717, 1.165) is 31.5 Å². The summed E-state index contributed by atoms with van der Waals surface area (Å²) >= 11 is 6.00. The maximum atomic E-state index is 13.0. The third-order valence-electron chi connectivity index (χ3n) is 5.35. The van der Waals surface area contributed by atoms with E-state index >= 15 is 0 Å². The number of aromatic hydroxyl groups is 1. The van der Waals surface area contributed by atoms with Gasteiger partial charge in [0.2, 0.25) is 0 Å². The molecule has 1 aliphatic rings. The molecule has 2 aromatic rings. The fraction of sp³-hybridized carbons (Fsp3) is 0.348. The molecule has 0 unspecified atom stereocenters. The molecule has 154 valence electrons. The number of methoxy groups -OCH3 is 2. The largest absolute Gasteiger partial charge is 0.507 e. The fourth-order valence-electron chi connectivity index (χ4n) is 3.76. The summed E-state index contributed by atoms with van der Waals surface area (Å²) in [5.74, 6) is 0.559. The average Bonchev–Trinajstić information content (AvgIpc) is 2.72. The second-order valence-corrected chi connectivity index (χ2v) is 7.68. The molecular weight excluding hydrogens is 390 g/mol. The molecule has 1 heterocycles. The van der Waals surface area contributed by atoms with Crippen molar-refractivity contribution in [1.29, 1.82) is 0 Å². The number of rotatable bonds is 6. The van der Waals surface area contributed by atoms with Crippen LogP contribution < -0.4 is 9.47 Å². The Kier molecular flexibility index (Phi) is 6.83. The van der Waals surface area contributed by atoms with Crippen molar-refractivity contribution in [1.82, 2.24) is 4.90 Å². The third kappa shape index (κ3) is 4.74. The lowest BCUT2D eigenvalue weighted by molar-refractivity contribution is 0.104. The van der Waals surface area contributed by atoms with Crippen molar-refractivity contribution >= 4 is 23.5 Å². The topological polar surface area (TPSA) is 59.0 Å². The minimum absolute atomic E-state index is 0.0588. The summed E-state index contributed by atoms with van der Waals surface area (Å²) in [4.78, 5) is 15.2. The number of hydrogen-bond donors (Lipinski definition) is 1. The Hall–Kier alpha value is -2.50. The summed E-state index contributed by atoms with van der Waals surface area (Å²) in [5, 5.41) is 11.7. The molecule has 3 rings (SSSR count). The second kappa shape index (κ2) is 9.33. The molecule has 0 bridgehead atoms. The summed E-state index contributed by atoms with van der Waals surface area (Å²) < 4.78 is 10.9. The van der Waals surface area contributed by atoms with E-state index in [1.54, 1.807) is 31.4 Å². The van der Waals surface area contributed by atoms with Crippen LogP contribution in [0.3, 0.4) is 0 Å². The number of phenolic OH excluding ortho intramolecular Hbond substituents is 1. The van der Waals surface area contributed by atoms with Gasteiger partial charge in [0.15, 0.2) is 5.78 Å². The smallest absolute Gasteiger partial charge is 0.193 e. The maximum absolute atomic E-state index is 13.0. The van der Waals surface area contributed by atoms with Gasteiger partial charge in [-0.15, -0.1) is 0 Å². The maximum Gasteiger partial charge on any atom is 0.193 e. The summed E-state index contributed by atoms with van der Waals surface area (Å²) in [7, 11) is 5.12. The second-order valence-electron chi connectivity index (χ2n) is 7.25. The Morgan fingerprint density at radius 2 is 1.86 bits per heavy atom. The van der Waals surface area contributed by atoms with Gasteiger partial charge < -0.3 is 19.5 Å². The van der Waals surface area contributed by atoms with Gasteiger partial charge in [0.1, 0.15) is 22.8 Å². The zero-order valence-electron chi connectivity index (χ0n) is 16.9. The van der Waals surface area contributed by atoms with Crippen molar-refractivity contribution in [2.45, 2.75) is 18.8 Å². The molecule has 2 aromatic carbocycles. The highest BCUT2D eigenvalue weighted by Crippen LogP contribution is 2.45. The normalized spacial score (nSPS) is 15.6. The van der Waals surface area contributed by atoms with Crippen molar-refractivity contribution in [3.8, 4) is 17.2 Å². The lowest BCUT2D eigenvalue weighted by atomic mass is 9.86. The third-order valence-corrected chi connectivity index (χ3v) is 5.59. The number of phenols is 1. The van der Waals surface area contributed by atoms with Gasteiger partial charge in [-0.05, 0) is 62.7 Å². The van der Waals surface area contributed by atoms with Crippen LogP contribution in [0.15, 0.2) is 36.4 Å². The molecule has 6 heteroatoms. The molecule has 29 heavy (non-hydrogen) atoms. The van der Waals surface area contributed by atoms with Crippen LogP contribution >= 0.6 is 11.6 Å². The predicted molar refractivity (Wildman–Crippen MR) is 115 cm³/mol. The number of carbonyl (C=O) groups excluding carboxylic acids is 1. The lowest BCUT2D eigenvalue weighted by Gasteiger charge is -2.31. The van der Waals surface area contributed by atoms with Gasteiger partial charge in [-0.1, -0.05) is 29.8 Å². The van der Waals surface area contributed by atoms with E-state index < -0.39 is 0 Å². The summed E-state index contributed by atoms with van der Waals surface area (Å²) in [5.41, 5.74) is 1.63. The molecule has 0 aliphatic carbocycles. The lowest BCUT2D eigenvalue weighted by Crippen LogP contribution is -2.29. The van der Waals surface area contributed by atoms with Crippen LogP contribution in [0.1, 0.15) is 40.2 Å². The quantitative estimate of drug-likeness (QED) is 0.544. The monoisotopic (exact) mass is 415 g/mol. The van der Waals surface area contributed by atoms with Gasteiger partial charge >= 0.3 is 0 Å². The highest BCUT2D eigenvalue weighted by atomic mass is 35.5. The fourth-order valence-corrected chi connectivity index (χ4v) is 3.96. The van der Waals surface area contributed by atoms with E-state index in [1.807, 2.05) is 12.1 Å². The van der Waals surface area contributed by atoms with Crippen molar-refractivity contribution in [3.63, 3.8) is 0 Å². The number of hydrogen-bond acceptors (Lipinski definition) is 5. The minimum atomic E-state index is -0.337. The van der Waals surface area contributed by atoms with E-state index in [4.69, 9.17) is 21.1 Å². The van der Waals surface area contributed by atoms with E-state index in [-0.39, 0.29) is 28.8 Å². The zero-order valence-corrected chi connectivity index (χ0v) is 17.7. The number of ketones is 1. The Labute approximate surface area is 176 Å². The molecular formula is C23H26ClNO4. The van der Waals surface area contributed by atoms with Gasteiger partial charge in [-0.3, -0.25) is 4.79 Å². The van der Waals surface area contributed by atoms with Gasteiger partial charge in [-0.2, -0.15) is 0 Å². The van der Waals surface area contributed by atoms with E-state index in [2.05, 4.69) is 11.9 Å². The van der Waals surface area contributed by atoms with Crippen LogP contribution in [0.2, 0.25) is 5.02 Å². The van der Waals surface area contributed by atoms with Gasteiger partial charge in [0.25, 0.3) is 0 Å². The molecule has 1 fully saturated rings. The van der Waals surface area contributed by atoms with Crippen LogP contribution in [0.25, 0.3) is 6.08 Å². The number of ether oxygens (including phenoxy) is 2. The molecule has 0 radical (unpaired) electrons. The summed E-state index contributed by atoms with van der Waals surface area (Å²) in [6.07, 6.45) is 4.87. The SMILES string of the molecule is COc1cc(OC)c(C2CCN(C)CC2)c(O)c1C(=O)/C=C/c1cccc(Cl)c1. The first-order valence-electron chi connectivity index (χ1n) is 9.59. The minimum Gasteiger partial charge on any atom is -0.507 e. The van der Waals surface area contributed by atoms with Crippen molar-refractivity contribution in [2.75, 3.05) is 34.4 Å². The number of carbonyl (C=O) groups is 1. The van der Waals surface area contributed by atoms with Crippen LogP contribution in [0, 0.1) is 0 Å². The van der Waals surface area contributed by atoms with Gasteiger partial charge in [0.05, 0.1) is 14.2 Å².